The first-order valence-corrected chi connectivity index (χ1v) is 9.81. The lowest BCUT2D eigenvalue weighted by molar-refractivity contribution is 0.417. The molecule has 0 spiro atoms. The zero-order valence-corrected chi connectivity index (χ0v) is 15.5. The van der Waals surface area contributed by atoms with Gasteiger partial charge in [0.15, 0.2) is 0 Å². The molecule has 0 aromatic heterocycles. The van der Waals surface area contributed by atoms with E-state index in [-0.39, 0.29) is 11.4 Å². The molecule has 0 amide bonds. The fourth-order valence-corrected chi connectivity index (χ4v) is 4.01. The van der Waals surface area contributed by atoms with E-state index in [1.54, 1.807) is 6.07 Å². The highest BCUT2D eigenvalue weighted by Gasteiger charge is 2.20. The van der Waals surface area contributed by atoms with Crippen molar-refractivity contribution >= 4 is 0 Å². The molecule has 0 saturated carbocycles. The Morgan fingerprint density at radius 2 is 1.69 bits per heavy atom. The molecule has 2 aromatic carbocycles. The molecule has 140 valence electrons. The summed E-state index contributed by atoms with van der Waals surface area (Å²) < 4.78 is 42.2. The Kier molecular flexibility index (Phi) is 6.39. The van der Waals surface area contributed by atoms with E-state index < -0.39 is 11.6 Å². The molecule has 0 heterocycles. The first-order chi connectivity index (χ1) is 12.6. The van der Waals surface area contributed by atoms with Crippen molar-refractivity contribution in [1.29, 1.82) is 0 Å². The van der Waals surface area contributed by atoms with Gasteiger partial charge in [-0.25, -0.2) is 13.2 Å². The van der Waals surface area contributed by atoms with Crippen LogP contribution < -0.4 is 0 Å². The van der Waals surface area contributed by atoms with Gasteiger partial charge in [-0.3, -0.25) is 0 Å². The number of rotatable bonds is 7. The molecular formula is C23H27F3. The third kappa shape index (κ3) is 4.69. The lowest BCUT2D eigenvalue weighted by atomic mass is 9.81. The van der Waals surface area contributed by atoms with Crippen LogP contribution in [0.4, 0.5) is 13.2 Å². The highest BCUT2D eigenvalue weighted by Crippen LogP contribution is 2.30. The zero-order chi connectivity index (χ0) is 18.5. The van der Waals surface area contributed by atoms with Crippen LogP contribution in [0.25, 0.3) is 0 Å². The van der Waals surface area contributed by atoms with Crippen LogP contribution in [0, 0.1) is 23.4 Å². The predicted octanol–water partition coefficient (Wildman–Crippen LogP) is 6.57. The Bertz CT molecular complexity index is 728. The maximum atomic E-state index is 14.4. The first-order valence-electron chi connectivity index (χ1n) is 9.81. The smallest absolute Gasteiger partial charge is 0.129 e. The van der Waals surface area contributed by atoms with E-state index in [0.29, 0.717) is 12.3 Å². The lowest BCUT2D eigenvalue weighted by Crippen LogP contribution is -2.16. The molecule has 2 aromatic rings. The van der Waals surface area contributed by atoms with Gasteiger partial charge in [0.05, 0.1) is 0 Å². The molecule has 0 fully saturated rings. The van der Waals surface area contributed by atoms with Crippen LogP contribution in [0.15, 0.2) is 30.3 Å². The molecule has 0 aliphatic heterocycles. The summed E-state index contributed by atoms with van der Waals surface area (Å²) in [4.78, 5) is 0. The molecule has 0 nitrogen and oxygen atoms in total. The number of benzene rings is 2. The molecule has 1 aliphatic carbocycles. The average Bonchev–Trinajstić information content (AvgIpc) is 2.61. The number of aryl methyl sites for hydroxylation is 2. The first kappa shape index (κ1) is 19.0. The van der Waals surface area contributed by atoms with Crippen molar-refractivity contribution in [2.75, 3.05) is 0 Å². The van der Waals surface area contributed by atoms with E-state index in [2.05, 4.69) is 6.92 Å². The van der Waals surface area contributed by atoms with Gasteiger partial charge in [0.25, 0.3) is 0 Å². The molecule has 0 radical (unpaired) electrons. The van der Waals surface area contributed by atoms with Crippen molar-refractivity contribution in [3.8, 4) is 0 Å². The zero-order valence-electron chi connectivity index (χ0n) is 15.5. The minimum absolute atomic E-state index is 0.203. The molecule has 0 bridgehead atoms. The Morgan fingerprint density at radius 1 is 0.923 bits per heavy atom. The Balaban J connectivity index is 1.61. The molecule has 0 N–H and O–H groups in total. The van der Waals surface area contributed by atoms with Crippen LogP contribution in [0.3, 0.4) is 0 Å². The second-order valence-electron chi connectivity index (χ2n) is 7.56. The lowest BCUT2D eigenvalue weighted by Gasteiger charge is -2.24. The molecular weight excluding hydrogens is 333 g/mol. The minimum Gasteiger partial charge on any atom is -0.207 e. The van der Waals surface area contributed by atoms with Gasteiger partial charge in [-0.2, -0.15) is 0 Å². The quantitative estimate of drug-likeness (QED) is 0.490. The van der Waals surface area contributed by atoms with E-state index in [9.17, 15) is 13.2 Å². The normalized spacial score (nSPS) is 16.5. The summed E-state index contributed by atoms with van der Waals surface area (Å²) >= 11 is 0. The third-order valence-corrected chi connectivity index (χ3v) is 5.57. The Labute approximate surface area is 154 Å². The van der Waals surface area contributed by atoms with E-state index in [4.69, 9.17) is 0 Å². The largest absolute Gasteiger partial charge is 0.207 e. The summed E-state index contributed by atoms with van der Waals surface area (Å²) in [7, 11) is 0. The molecule has 26 heavy (non-hydrogen) atoms. The second kappa shape index (κ2) is 8.75. The summed E-state index contributed by atoms with van der Waals surface area (Å²) in [5.74, 6) is -0.690. The van der Waals surface area contributed by atoms with Crippen molar-refractivity contribution in [2.45, 2.75) is 64.7 Å². The number of fused-ring (bicyclic) bond motifs is 1. The van der Waals surface area contributed by atoms with Crippen LogP contribution in [0.1, 0.15) is 61.3 Å². The summed E-state index contributed by atoms with van der Waals surface area (Å²) in [5.41, 5.74) is 3.21. The molecule has 1 unspecified atom stereocenters. The second-order valence-corrected chi connectivity index (χ2v) is 7.56. The molecule has 3 heteroatoms. The number of unbranched alkanes of at least 4 members (excludes halogenated alkanes) is 2. The summed E-state index contributed by atoms with van der Waals surface area (Å²) in [6, 6.07) is 7.97. The van der Waals surface area contributed by atoms with Crippen molar-refractivity contribution in [2.24, 2.45) is 5.92 Å². The van der Waals surface area contributed by atoms with Gasteiger partial charge in [0.2, 0.25) is 0 Å². The van der Waals surface area contributed by atoms with Gasteiger partial charge < -0.3 is 0 Å². The number of hydrogen-bond donors (Lipinski definition) is 0. The standard InChI is InChI=1S/C23H27F3/c1-2-3-4-5-17-13-22(25)21(23(26)14-17)11-7-16-6-8-18-9-10-20(24)15-19(18)12-16/h9-10,13-16H,2-8,11-12H2,1H3. The van der Waals surface area contributed by atoms with Gasteiger partial charge >= 0.3 is 0 Å². The average molecular weight is 360 g/mol. The van der Waals surface area contributed by atoms with Crippen LogP contribution in [-0.4, -0.2) is 0 Å². The van der Waals surface area contributed by atoms with Crippen molar-refractivity contribution in [1.82, 2.24) is 0 Å². The summed E-state index contributed by atoms with van der Waals surface area (Å²) in [5, 5.41) is 0. The highest BCUT2D eigenvalue weighted by molar-refractivity contribution is 5.31. The summed E-state index contributed by atoms with van der Waals surface area (Å²) in [6.45, 7) is 2.11. The predicted molar refractivity (Wildman–Crippen MR) is 99.8 cm³/mol. The van der Waals surface area contributed by atoms with E-state index in [0.717, 1.165) is 62.5 Å². The van der Waals surface area contributed by atoms with Crippen LogP contribution in [0.2, 0.25) is 0 Å². The van der Waals surface area contributed by atoms with Crippen LogP contribution >= 0.6 is 0 Å². The maximum Gasteiger partial charge on any atom is 0.129 e. The fourth-order valence-electron chi connectivity index (χ4n) is 4.01. The molecule has 1 atom stereocenters. The number of hydrogen-bond acceptors (Lipinski definition) is 0. The molecule has 3 rings (SSSR count). The number of halogens is 3. The van der Waals surface area contributed by atoms with Gasteiger partial charge in [0, 0.05) is 5.56 Å². The minimum atomic E-state index is -0.418. The summed E-state index contributed by atoms with van der Waals surface area (Å²) in [6.07, 6.45) is 7.72. The van der Waals surface area contributed by atoms with Crippen molar-refractivity contribution in [3.05, 3.63) is 70.0 Å². The maximum absolute atomic E-state index is 14.4. The third-order valence-electron chi connectivity index (χ3n) is 5.57. The SMILES string of the molecule is CCCCCc1cc(F)c(CCC2CCc3ccc(F)cc3C2)c(F)c1. The Hall–Kier alpha value is -1.77. The van der Waals surface area contributed by atoms with E-state index >= 15 is 0 Å². The van der Waals surface area contributed by atoms with Crippen molar-refractivity contribution in [3.63, 3.8) is 0 Å². The fraction of sp³-hybridized carbons (Fsp3) is 0.478. The van der Waals surface area contributed by atoms with Gasteiger partial charge in [-0.05, 0) is 91.8 Å². The van der Waals surface area contributed by atoms with Gasteiger partial charge in [0.1, 0.15) is 17.5 Å². The van der Waals surface area contributed by atoms with Gasteiger partial charge in [-0.1, -0.05) is 25.8 Å². The van der Waals surface area contributed by atoms with Crippen LogP contribution in [-0.2, 0) is 25.7 Å². The van der Waals surface area contributed by atoms with Crippen LogP contribution in [0.5, 0.6) is 0 Å². The van der Waals surface area contributed by atoms with Crippen molar-refractivity contribution < 1.29 is 13.2 Å². The molecule has 1 aliphatic rings. The van der Waals surface area contributed by atoms with Gasteiger partial charge in [-0.15, -0.1) is 0 Å². The van der Waals surface area contributed by atoms with E-state index in [1.807, 2.05) is 6.07 Å². The topological polar surface area (TPSA) is 0 Å². The highest BCUT2D eigenvalue weighted by atomic mass is 19.1. The monoisotopic (exact) mass is 360 g/mol. The molecule has 0 saturated heterocycles. The van der Waals surface area contributed by atoms with E-state index in [1.165, 1.54) is 23.8 Å². The Morgan fingerprint density at radius 3 is 2.42 bits per heavy atom.